The Morgan fingerprint density at radius 3 is 2.79 bits per heavy atom. The van der Waals surface area contributed by atoms with Gasteiger partial charge in [0.25, 0.3) is 5.69 Å². The Labute approximate surface area is 146 Å². The van der Waals surface area contributed by atoms with Crippen LogP contribution in [0.1, 0.15) is 11.3 Å². The molecule has 2 heterocycles. The minimum Gasteiger partial charge on any atom is -0.365 e. The standard InChI is InChI=1S/C16H14BrN5O2/c1-11-6-7-21(20-11)15-5-3-2-4-12(15)9-18-16-14(17)8-13(10-19-16)22(23)24/h2-8,10H,9H2,1H3,(H,18,19). The van der Waals surface area contributed by atoms with Crippen molar-refractivity contribution in [1.82, 2.24) is 14.8 Å². The van der Waals surface area contributed by atoms with E-state index in [9.17, 15) is 10.1 Å². The van der Waals surface area contributed by atoms with Crippen molar-refractivity contribution in [2.45, 2.75) is 13.5 Å². The summed E-state index contributed by atoms with van der Waals surface area (Å²) in [6.07, 6.45) is 3.14. The van der Waals surface area contributed by atoms with E-state index in [0.29, 0.717) is 16.8 Å². The maximum atomic E-state index is 10.8. The lowest BCUT2D eigenvalue weighted by atomic mass is 10.2. The average Bonchev–Trinajstić information content (AvgIpc) is 3.00. The summed E-state index contributed by atoms with van der Waals surface area (Å²) in [5, 5.41) is 18.4. The smallest absolute Gasteiger partial charge is 0.288 e. The van der Waals surface area contributed by atoms with E-state index >= 15 is 0 Å². The van der Waals surface area contributed by atoms with Crippen LogP contribution in [0, 0.1) is 17.0 Å². The van der Waals surface area contributed by atoms with E-state index in [-0.39, 0.29) is 5.69 Å². The molecule has 24 heavy (non-hydrogen) atoms. The summed E-state index contributed by atoms with van der Waals surface area (Å²) in [6, 6.07) is 11.3. The summed E-state index contributed by atoms with van der Waals surface area (Å²) in [4.78, 5) is 14.4. The van der Waals surface area contributed by atoms with Gasteiger partial charge in [0, 0.05) is 18.8 Å². The highest BCUT2D eigenvalue weighted by molar-refractivity contribution is 9.10. The van der Waals surface area contributed by atoms with Crippen molar-refractivity contribution in [1.29, 1.82) is 0 Å². The van der Waals surface area contributed by atoms with E-state index in [4.69, 9.17) is 0 Å². The van der Waals surface area contributed by atoms with Crippen LogP contribution in [0.5, 0.6) is 0 Å². The van der Waals surface area contributed by atoms with Gasteiger partial charge in [0.2, 0.25) is 0 Å². The number of nitro groups is 1. The molecular weight excluding hydrogens is 374 g/mol. The molecule has 0 aliphatic rings. The summed E-state index contributed by atoms with van der Waals surface area (Å²) < 4.78 is 2.37. The van der Waals surface area contributed by atoms with Crippen LogP contribution >= 0.6 is 15.9 Å². The van der Waals surface area contributed by atoms with E-state index in [2.05, 4.69) is 31.3 Å². The summed E-state index contributed by atoms with van der Waals surface area (Å²) in [5.74, 6) is 0.548. The second-order valence-corrected chi connectivity index (χ2v) is 6.02. The molecule has 0 saturated carbocycles. The summed E-state index contributed by atoms with van der Waals surface area (Å²) >= 11 is 3.31. The molecule has 0 aliphatic carbocycles. The van der Waals surface area contributed by atoms with Gasteiger partial charge in [-0.15, -0.1) is 0 Å². The fraction of sp³-hybridized carbons (Fsp3) is 0.125. The number of halogens is 1. The second kappa shape index (κ2) is 6.79. The third kappa shape index (κ3) is 3.43. The molecule has 1 N–H and O–H groups in total. The first-order valence-corrected chi connectivity index (χ1v) is 7.98. The third-order valence-electron chi connectivity index (χ3n) is 3.44. The van der Waals surface area contributed by atoms with Crippen LogP contribution in [0.3, 0.4) is 0 Å². The Kier molecular flexibility index (Phi) is 4.57. The zero-order valence-corrected chi connectivity index (χ0v) is 14.4. The largest absolute Gasteiger partial charge is 0.365 e. The highest BCUT2D eigenvalue weighted by Gasteiger charge is 2.11. The fourth-order valence-corrected chi connectivity index (χ4v) is 2.75. The highest BCUT2D eigenvalue weighted by Crippen LogP contribution is 2.25. The quantitative estimate of drug-likeness (QED) is 0.530. The molecule has 3 rings (SSSR count). The molecule has 0 unspecified atom stereocenters. The Morgan fingerprint density at radius 1 is 1.33 bits per heavy atom. The van der Waals surface area contributed by atoms with Crippen molar-refractivity contribution >= 4 is 27.4 Å². The fourth-order valence-electron chi connectivity index (χ4n) is 2.27. The zero-order chi connectivity index (χ0) is 17.1. The van der Waals surface area contributed by atoms with E-state index in [1.165, 1.54) is 12.3 Å². The van der Waals surface area contributed by atoms with Crippen molar-refractivity contribution in [2.24, 2.45) is 0 Å². The van der Waals surface area contributed by atoms with Crippen molar-refractivity contribution < 1.29 is 4.92 Å². The molecule has 122 valence electrons. The van der Waals surface area contributed by atoms with Crippen molar-refractivity contribution in [3.63, 3.8) is 0 Å². The van der Waals surface area contributed by atoms with E-state index in [0.717, 1.165) is 16.9 Å². The summed E-state index contributed by atoms with van der Waals surface area (Å²) in [5.41, 5.74) is 2.89. The molecule has 0 fully saturated rings. The average molecular weight is 388 g/mol. The molecule has 1 aromatic carbocycles. The van der Waals surface area contributed by atoms with E-state index in [1.54, 1.807) is 0 Å². The SMILES string of the molecule is Cc1ccn(-c2ccccc2CNc2ncc([N+](=O)[O-])cc2Br)n1. The Balaban J connectivity index is 1.82. The molecule has 0 saturated heterocycles. The van der Waals surface area contributed by atoms with Gasteiger partial charge >= 0.3 is 0 Å². The number of anilines is 1. The minimum atomic E-state index is -0.475. The predicted octanol–water partition coefficient (Wildman–Crippen LogP) is 3.86. The van der Waals surface area contributed by atoms with Crippen LogP contribution in [0.2, 0.25) is 0 Å². The number of benzene rings is 1. The molecule has 0 spiro atoms. The van der Waals surface area contributed by atoms with Gasteiger partial charge in [0.1, 0.15) is 12.0 Å². The predicted molar refractivity (Wildman–Crippen MR) is 94.2 cm³/mol. The van der Waals surface area contributed by atoms with E-state index < -0.39 is 4.92 Å². The van der Waals surface area contributed by atoms with Crippen LogP contribution < -0.4 is 5.32 Å². The normalized spacial score (nSPS) is 10.6. The second-order valence-electron chi connectivity index (χ2n) is 5.17. The van der Waals surface area contributed by atoms with Crippen LogP contribution in [0.4, 0.5) is 11.5 Å². The third-order valence-corrected chi connectivity index (χ3v) is 4.05. The van der Waals surface area contributed by atoms with E-state index in [1.807, 2.05) is 48.1 Å². The first-order valence-electron chi connectivity index (χ1n) is 7.19. The number of pyridine rings is 1. The number of nitrogens with one attached hydrogen (secondary N) is 1. The van der Waals surface area contributed by atoms with Gasteiger partial charge in [-0.05, 0) is 40.5 Å². The van der Waals surface area contributed by atoms with Gasteiger partial charge in [-0.3, -0.25) is 10.1 Å². The minimum absolute atomic E-state index is 0.0557. The lowest BCUT2D eigenvalue weighted by Crippen LogP contribution is -2.07. The number of para-hydroxylation sites is 1. The lowest BCUT2D eigenvalue weighted by Gasteiger charge is -2.12. The molecule has 0 bridgehead atoms. The van der Waals surface area contributed by atoms with Gasteiger partial charge in [-0.2, -0.15) is 5.10 Å². The molecule has 8 heteroatoms. The molecule has 0 amide bonds. The molecular formula is C16H14BrN5O2. The first kappa shape index (κ1) is 16.1. The van der Waals surface area contributed by atoms with Crippen LogP contribution in [-0.2, 0) is 6.54 Å². The topological polar surface area (TPSA) is 85.9 Å². The molecule has 0 atom stereocenters. The molecule has 3 aromatic rings. The van der Waals surface area contributed by atoms with Gasteiger partial charge < -0.3 is 5.32 Å². The molecule has 2 aromatic heterocycles. The summed E-state index contributed by atoms with van der Waals surface area (Å²) in [7, 11) is 0. The number of hydrogen-bond donors (Lipinski definition) is 1. The zero-order valence-electron chi connectivity index (χ0n) is 12.8. The molecule has 7 nitrogen and oxygen atoms in total. The highest BCUT2D eigenvalue weighted by atomic mass is 79.9. The summed E-state index contributed by atoms with van der Waals surface area (Å²) in [6.45, 7) is 2.45. The molecule has 0 aliphatic heterocycles. The van der Waals surface area contributed by atoms with Crippen molar-refractivity contribution in [2.75, 3.05) is 5.32 Å². The lowest BCUT2D eigenvalue weighted by molar-refractivity contribution is -0.385. The monoisotopic (exact) mass is 387 g/mol. The van der Waals surface area contributed by atoms with Gasteiger partial charge in [-0.25, -0.2) is 9.67 Å². The maximum Gasteiger partial charge on any atom is 0.288 e. The Hall–Kier alpha value is -2.74. The number of rotatable bonds is 5. The van der Waals surface area contributed by atoms with Gasteiger partial charge in [0.05, 0.1) is 20.8 Å². The maximum absolute atomic E-state index is 10.8. The number of aromatic nitrogens is 3. The number of aryl methyl sites for hydroxylation is 1. The number of nitrogens with zero attached hydrogens (tertiary/aromatic N) is 4. The molecule has 0 radical (unpaired) electrons. The Morgan fingerprint density at radius 2 is 2.12 bits per heavy atom. The van der Waals surface area contributed by atoms with Crippen LogP contribution in [0.25, 0.3) is 5.69 Å². The van der Waals surface area contributed by atoms with Crippen LogP contribution in [-0.4, -0.2) is 19.7 Å². The van der Waals surface area contributed by atoms with Crippen molar-refractivity contribution in [3.8, 4) is 5.69 Å². The van der Waals surface area contributed by atoms with Gasteiger partial charge in [0.15, 0.2) is 0 Å². The first-order chi connectivity index (χ1) is 11.5. The van der Waals surface area contributed by atoms with Gasteiger partial charge in [-0.1, -0.05) is 18.2 Å². The Bertz CT molecular complexity index is 894. The number of hydrogen-bond acceptors (Lipinski definition) is 5. The van der Waals surface area contributed by atoms with Crippen molar-refractivity contribution in [3.05, 3.63) is 74.6 Å². The van der Waals surface area contributed by atoms with Crippen LogP contribution in [0.15, 0.2) is 53.3 Å².